The second kappa shape index (κ2) is 5.17. The maximum atomic E-state index is 13.9. The summed E-state index contributed by atoms with van der Waals surface area (Å²) in [4.78, 5) is 1.74. The molecule has 0 aliphatic carbocycles. The molecule has 94 valence electrons. The van der Waals surface area contributed by atoms with Crippen LogP contribution >= 0.6 is 23.2 Å². The fourth-order valence-corrected chi connectivity index (χ4v) is 2.16. The van der Waals surface area contributed by atoms with Gasteiger partial charge in [0.2, 0.25) is 0 Å². The fourth-order valence-electron chi connectivity index (χ4n) is 1.87. The Morgan fingerprint density at radius 2 is 1.72 bits per heavy atom. The van der Waals surface area contributed by atoms with Crippen molar-refractivity contribution in [3.8, 4) is 11.1 Å². The van der Waals surface area contributed by atoms with Crippen LogP contribution in [0.1, 0.15) is 0 Å². The van der Waals surface area contributed by atoms with Gasteiger partial charge < -0.3 is 4.90 Å². The number of benzene rings is 2. The van der Waals surface area contributed by atoms with Crippen LogP contribution in [0.2, 0.25) is 10.0 Å². The summed E-state index contributed by atoms with van der Waals surface area (Å²) < 4.78 is 13.9. The van der Waals surface area contributed by atoms with E-state index in [9.17, 15) is 4.39 Å². The van der Waals surface area contributed by atoms with Crippen LogP contribution < -0.4 is 4.90 Å². The van der Waals surface area contributed by atoms with Gasteiger partial charge in [-0.05, 0) is 23.8 Å². The van der Waals surface area contributed by atoms with Crippen LogP contribution in [0.25, 0.3) is 11.1 Å². The minimum atomic E-state index is -0.261. The van der Waals surface area contributed by atoms with Gasteiger partial charge >= 0.3 is 0 Å². The first-order valence-electron chi connectivity index (χ1n) is 5.42. The lowest BCUT2D eigenvalue weighted by molar-refractivity contribution is 0.626. The monoisotopic (exact) mass is 283 g/mol. The van der Waals surface area contributed by atoms with E-state index >= 15 is 0 Å². The van der Waals surface area contributed by atoms with E-state index in [2.05, 4.69) is 0 Å². The summed E-state index contributed by atoms with van der Waals surface area (Å²) in [7, 11) is 3.61. The van der Waals surface area contributed by atoms with E-state index < -0.39 is 0 Å². The average Bonchev–Trinajstić information content (AvgIpc) is 2.32. The van der Waals surface area contributed by atoms with Crippen molar-refractivity contribution in [2.45, 2.75) is 0 Å². The molecular weight excluding hydrogens is 272 g/mol. The van der Waals surface area contributed by atoms with E-state index in [0.29, 0.717) is 15.7 Å². The number of halogens is 3. The van der Waals surface area contributed by atoms with E-state index in [4.69, 9.17) is 23.2 Å². The van der Waals surface area contributed by atoms with Gasteiger partial charge in [0.15, 0.2) is 0 Å². The van der Waals surface area contributed by atoms with E-state index in [1.165, 1.54) is 6.07 Å². The van der Waals surface area contributed by atoms with Crippen LogP contribution in [-0.4, -0.2) is 14.1 Å². The lowest BCUT2D eigenvalue weighted by Gasteiger charge is -2.18. The summed E-state index contributed by atoms with van der Waals surface area (Å²) in [6, 6.07) is 10.3. The van der Waals surface area contributed by atoms with Crippen LogP contribution in [0, 0.1) is 5.82 Å². The third-order valence-electron chi connectivity index (χ3n) is 2.66. The maximum Gasteiger partial charge on any atom is 0.147 e. The van der Waals surface area contributed by atoms with Gasteiger partial charge in [-0.15, -0.1) is 0 Å². The number of anilines is 1. The molecule has 18 heavy (non-hydrogen) atoms. The van der Waals surface area contributed by atoms with Crippen LogP contribution in [0.5, 0.6) is 0 Å². The highest BCUT2D eigenvalue weighted by Gasteiger charge is 2.12. The molecule has 0 aliphatic rings. The normalized spacial score (nSPS) is 10.5. The topological polar surface area (TPSA) is 3.24 Å². The molecule has 1 nitrogen and oxygen atoms in total. The quantitative estimate of drug-likeness (QED) is 0.760. The second-order valence-corrected chi connectivity index (χ2v) is 4.97. The molecular formula is C14H12Cl2FN. The van der Waals surface area contributed by atoms with Crippen molar-refractivity contribution in [3.05, 3.63) is 52.3 Å². The van der Waals surface area contributed by atoms with Crippen molar-refractivity contribution in [1.29, 1.82) is 0 Å². The number of rotatable bonds is 2. The SMILES string of the molecule is CN(C)c1c(F)cccc1-c1ccc(Cl)c(Cl)c1. The van der Waals surface area contributed by atoms with Crippen molar-refractivity contribution in [2.75, 3.05) is 19.0 Å². The summed E-state index contributed by atoms with van der Waals surface area (Å²) in [5.74, 6) is -0.261. The third-order valence-corrected chi connectivity index (χ3v) is 3.40. The van der Waals surface area contributed by atoms with Gasteiger partial charge in [0.1, 0.15) is 5.82 Å². The Morgan fingerprint density at radius 1 is 1.00 bits per heavy atom. The smallest absolute Gasteiger partial charge is 0.147 e. The molecule has 4 heteroatoms. The summed E-state index contributed by atoms with van der Waals surface area (Å²) in [6.07, 6.45) is 0. The molecule has 0 spiro atoms. The Bertz CT molecular complexity index is 582. The first kappa shape index (κ1) is 13.2. The van der Waals surface area contributed by atoms with Crippen LogP contribution in [0.4, 0.5) is 10.1 Å². The molecule has 0 bridgehead atoms. The summed E-state index contributed by atoms with van der Waals surface area (Å²) in [5.41, 5.74) is 2.17. The predicted octanol–water partition coefficient (Wildman–Crippen LogP) is 4.87. The van der Waals surface area contributed by atoms with Gasteiger partial charge in [-0.3, -0.25) is 0 Å². The van der Waals surface area contributed by atoms with Crippen molar-refractivity contribution < 1.29 is 4.39 Å². The first-order valence-corrected chi connectivity index (χ1v) is 6.17. The molecule has 0 N–H and O–H groups in total. The molecule has 2 aromatic rings. The molecule has 0 saturated heterocycles. The molecule has 0 radical (unpaired) electrons. The minimum Gasteiger partial charge on any atom is -0.375 e. The number of hydrogen-bond donors (Lipinski definition) is 0. The molecule has 2 aromatic carbocycles. The highest BCUT2D eigenvalue weighted by Crippen LogP contribution is 2.35. The van der Waals surface area contributed by atoms with Crippen LogP contribution in [-0.2, 0) is 0 Å². The first-order chi connectivity index (χ1) is 8.50. The van der Waals surface area contributed by atoms with Gasteiger partial charge in [-0.1, -0.05) is 41.4 Å². The van der Waals surface area contributed by atoms with E-state index in [1.807, 2.05) is 12.1 Å². The molecule has 0 aromatic heterocycles. The maximum absolute atomic E-state index is 13.9. The van der Waals surface area contributed by atoms with Crippen molar-refractivity contribution in [2.24, 2.45) is 0 Å². The van der Waals surface area contributed by atoms with Crippen molar-refractivity contribution in [3.63, 3.8) is 0 Å². The zero-order valence-electron chi connectivity index (χ0n) is 10.0. The van der Waals surface area contributed by atoms with E-state index in [0.717, 1.165) is 11.1 Å². The second-order valence-electron chi connectivity index (χ2n) is 4.16. The fraction of sp³-hybridized carbons (Fsp3) is 0.143. The number of hydrogen-bond acceptors (Lipinski definition) is 1. The number of nitrogens with zero attached hydrogens (tertiary/aromatic N) is 1. The highest BCUT2D eigenvalue weighted by molar-refractivity contribution is 6.42. The van der Waals surface area contributed by atoms with Crippen molar-refractivity contribution in [1.82, 2.24) is 0 Å². The van der Waals surface area contributed by atoms with Crippen LogP contribution in [0.15, 0.2) is 36.4 Å². The number of para-hydroxylation sites is 1. The van der Waals surface area contributed by atoms with Gasteiger partial charge in [0.05, 0.1) is 15.7 Å². The summed E-state index contributed by atoms with van der Waals surface area (Å²) in [5, 5.41) is 0.950. The molecule has 0 aliphatic heterocycles. The largest absolute Gasteiger partial charge is 0.375 e. The molecule has 2 rings (SSSR count). The Balaban J connectivity index is 2.63. The standard InChI is InChI=1S/C14H12Cl2FN/c1-18(2)14-10(4-3-5-13(14)17)9-6-7-11(15)12(16)8-9/h3-8H,1-2H3. The van der Waals surface area contributed by atoms with Crippen molar-refractivity contribution >= 4 is 28.9 Å². The molecule has 0 saturated carbocycles. The van der Waals surface area contributed by atoms with Gasteiger partial charge in [-0.2, -0.15) is 0 Å². The van der Waals surface area contributed by atoms with Crippen LogP contribution in [0.3, 0.4) is 0 Å². The lowest BCUT2D eigenvalue weighted by atomic mass is 10.0. The van der Waals surface area contributed by atoms with Gasteiger partial charge in [0.25, 0.3) is 0 Å². The Hall–Kier alpha value is -1.25. The Kier molecular flexibility index (Phi) is 3.79. The lowest BCUT2D eigenvalue weighted by Crippen LogP contribution is -2.12. The van der Waals surface area contributed by atoms with E-state index in [-0.39, 0.29) is 5.82 Å². The highest BCUT2D eigenvalue weighted by atomic mass is 35.5. The van der Waals surface area contributed by atoms with Gasteiger partial charge in [0, 0.05) is 19.7 Å². The van der Waals surface area contributed by atoms with Gasteiger partial charge in [-0.25, -0.2) is 4.39 Å². The zero-order valence-corrected chi connectivity index (χ0v) is 11.6. The molecule has 0 heterocycles. The average molecular weight is 284 g/mol. The Labute approximate surface area is 116 Å². The summed E-state index contributed by atoms with van der Waals surface area (Å²) in [6.45, 7) is 0. The zero-order chi connectivity index (χ0) is 13.3. The molecule has 0 atom stereocenters. The minimum absolute atomic E-state index is 0.261. The third kappa shape index (κ3) is 2.45. The van der Waals surface area contributed by atoms with E-state index in [1.54, 1.807) is 37.2 Å². The Morgan fingerprint density at radius 3 is 2.33 bits per heavy atom. The summed E-state index contributed by atoms with van der Waals surface area (Å²) >= 11 is 11.9. The molecule has 0 fully saturated rings. The molecule has 0 unspecified atom stereocenters. The predicted molar refractivity (Wildman–Crippen MR) is 76.2 cm³/mol. The molecule has 0 amide bonds.